The molecule has 3 N–H and O–H groups in total. The maximum absolute atomic E-state index is 5.66. The van der Waals surface area contributed by atoms with Crippen LogP contribution in [0.5, 0.6) is 0 Å². The van der Waals surface area contributed by atoms with Crippen LogP contribution in [0.25, 0.3) is 0 Å². The summed E-state index contributed by atoms with van der Waals surface area (Å²) in [4.78, 5) is 8.38. The van der Waals surface area contributed by atoms with E-state index in [1.54, 1.807) is 12.3 Å². The van der Waals surface area contributed by atoms with Gasteiger partial charge < -0.3 is 11.1 Å². The zero-order valence-electron chi connectivity index (χ0n) is 9.14. The molecule has 0 aliphatic heterocycles. The molecule has 2 heterocycles. The second kappa shape index (κ2) is 4.61. The van der Waals surface area contributed by atoms with Crippen LogP contribution in [-0.2, 0) is 6.54 Å². The standard InChI is InChI=1S/C12H14N4/c1-9-2-3-10(7-15-9)8-16-12-6-11(13)4-5-14-12/h2-7H,8H2,1H3,(H3,13,14,16). The van der Waals surface area contributed by atoms with Crippen molar-refractivity contribution in [2.75, 3.05) is 11.1 Å². The first-order valence-corrected chi connectivity index (χ1v) is 5.11. The number of anilines is 2. The molecule has 0 saturated carbocycles. The van der Waals surface area contributed by atoms with Crippen molar-refractivity contribution >= 4 is 11.5 Å². The van der Waals surface area contributed by atoms with E-state index in [-0.39, 0.29) is 0 Å². The van der Waals surface area contributed by atoms with Gasteiger partial charge in [-0.15, -0.1) is 0 Å². The minimum absolute atomic E-state index is 0.698. The summed E-state index contributed by atoms with van der Waals surface area (Å²) in [6, 6.07) is 7.60. The lowest BCUT2D eigenvalue weighted by molar-refractivity contribution is 1.07. The van der Waals surface area contributed by atoms with Gasteiger partial charge >= 0.3 is 0 Å². The highest BCUT2D eigenvalue weighted by atomic mass is 15.0. The molecule has 82 valence electrons. The Kier molecular flexibility index (Phi) is 3.00. The summed E-state index contributed by atoms with van der Waals surface area (Å²) >= 11 is 0. The summed E-state index contributed by atoms with van der Waals surface area (Å²) in [6.07, 6.45) is 3.54. The molecular formula is C12H14N4. The maximum Gasteiger partial charge on any atom is 0.128 e. The third-order valence-electron chi connectivity index (χ3n) is 2.23. The van der Waals surface area contributed by atoms with Crippen molar-refractivity contribution in [3.05, 3.63) is 47.9 Å². The average molecular weight is 214 g/mol. The summed E-state index contributed by atoms with van der Waals surface area (Å²) in [7, 11) is 0. The summed E-state index contributed by atoms with van der Waals surface area (Å²) < 4.78 is 0. The van der Waals surface area contributed by atoms with Crippen molar-refractivity contribution < 1.29 is 0 Å². The van der Waals surface area contributed by atoms with Crippen LogP contribution in [0.4, 0.5) is 11.5 Å². The number of aryl methyl sites for hydroxylation is 1. The number of nitrogens with zero attached hydrogens (tertiary/aromatic N) is 2. The van der Waals surface area contributed by atoms with Gasteiger partial charge in [0.05, 0.1) is 0 Å². The fourth-order valence-corrected chi connectivity index (χ4v) is 1.34. The average Bonchev–Trinajstić information content (AvgIpc) is 2.28. The number of hydrogen-bond acceptors (Lipinski definition) is 4. The van der Waals surface area contributed by atoms with Crippen molar-refractivity contribution in [3.63, 3.8) is 0 Å². The molecule has 0 spiro atoms. The number of nitrogen functional groups attached to an aromatic ring is 1. The first-order chi connectivity index (χ1) is 7.74. The van der Waals surface area contributed by atoms with E-state index in [2.05, 4.69) is 15.3 Å². The largest absolute Gasteiger partial charge is 0.399 e. The third-order valence-corrected chi connectivity index (χ3v) is 2.23. The van der Waals surface area contributed by atoms with E-state index in [1.165, 1.54) is 0 Å². The van der Waals surface area contributed by atoms with Crippen LogP contribution < -0.4 is 11.1 Å². The van der Waals surface area contributed by atoms with E-state index in [0.29, 0.717) is 12.2 Å². The quantitative estimate of drug-likeness (QED) is 0.820. The molecule has 0 saturated heterocycles. The number of rotatable bonds is 3. The number of hydrogen-bond donors (Lipinski definition) is 2. The molecule has 16 heavy (non-hydrogen) atoms. The molecule has 2 aromatic heterocycles. The van der Waals surface area contributed by atoms with E-state index in [4.69, 9.17) is 5.73 Å². The highest BCUT2D eigenvalue weighted by molar-refractivity contribution is 5.48. The smallest absolute Gasteiger partial charge is 0.128 e. The minimum atomic E-state index is 0.698. The first-order valence-electron chi connectivity index (χ1n) is 5.11. The molecule has 0 radical (unpaired) electrons. The lowest BCUT2D eigenvalue weighted by atomic mass is 10.2. The van der Waals surface area contributed by atoms with Gasteiger partial charge in [-0.3, -0.25) is 4.98 Å². The van der Waals surface area contributed by atoms with E-state index < -0.39 is 0 Å². The van der Waals surface area contributed by atoms with E-state index in [9.17, 15) is 0 Å². The Balaban J connectivity index is 1.99. The molecule has 4 heteroatoms. The summed E-state index contributed by atoms with van der Waals surface area (Å²) in [5.74, 6) is 0.778. The van der Waals surface area contributed by atoms with Gasteiger partial charge in [-0.25, -0.2) is 4.98 Å². The molecular weight excluding hydrogens is 200 g/mol. The predicted molar refractivity (Wildman–Crippen MR) is 65.0 cm³/mol. The Morgan fingerprint density at radius 1 is 1.25 bits per heavy atom. The van der Waals surface area contributed by atoms with Crippen molar-refractivity contribution in [2.24, 2.45) is 0 Å². The van der Waals surface area contributed by atoms with E-state index >= 15 is 0 Å². The topological polar surface area (TPSA) is 63.8 Å². The van der Waals surface area contributed by atoms with Crippen LogP contribution >= 0.6 is 0 Å². The molecule has 2 rings (SSSR count). The van der Waals surface area contributed by atoms with Gasteiger partial charge in [0.25, 0.3) is 0 Å². The Labute approximate surface area is 94.5 Å². The van der Waals surface area contributed by atoms with Crippen LogP contribution in [0, 0.1) is 6.92 Å². The SMILES string of the molecule is Cc1ccc(CNc2cc(N)ccn2)cn1. The summed E-state index contributed by atoms with van der Waals surface area (Å²) in [6.45, 7) is 2.67. The zero-order chi connectivity index (χ0) is 11.4. The number of nitrogens with one attached hydrogen (secondary N) is 1. The fraction of sp³-hybridized carbons (Fsp3) is 0.167. The van der Waals surface area contributed by atoms with E-state index in [1.807, 2.05) is 31.3 Å². The van der Waals surface area contributed by atoms with Gasteiger partial charge in [-0.2, -0.15) is 0 Å². The molecule has 0 aliphatic carbocycles. The molecule has 0 unspecified atom stereocenters. The fourth-order valence-electron chi connectivity index (χ4n) is 1.34. The maximum atomic E-state index is 5.66. The van der Waals surface area contributed by atoms with Crippen LogP contribution in [0.1, 0.15) is 11.3 Å². The van der Waals surface area contributed by atoms with Crippen molar-refractivity contribution in [1.29, 1.82) is 0 Å². The molecule has 0 fully saturated rings. The normalized spacial score (nSPS) is 10.1. The van der Waals surface area contributed by atoms with E-state index in [0.717, 1.165) is 17.1 Å². The Hall–Kier alpha value is -2.10. The lowest BCUT2D eigenvalue weighted by Crippen LogP contribution is -2.02. The van der Waals surface area contributed by atoms with Gasteiger partial charge in [-0.1, -0.05) is 6.07 Å². The third kappa shape index (κ3) is 2.70. The molecule has 0 aliphatic rings. The monoisotopic (exact) mass is 214 g/mol. The van der Waals surface area contributed by atoms with Gasteiger partial charge in [-0.05, 0) is 24.6 Å². The number of aromatic nitrogens is 2. The highest BCUT2D eigenvalue weighted by Crippen LogP contribution is 2.09. The molecule has 0 atom stereocenters. The van der Waals surface area contributed by atoms with Crippen LogP contribution in [0.3, 0.4) is 0 Å². The molecule has 0 amide bonds. The van der Waals surface area contributed by atoms with Gasteiger partial charge in [0, 0.05) is 36.4 Å². The van der Waals surface area contributed by atoms with Gasteiger partial charge in [0.1, 0.15) is 5.82 Å². The Bertz CT molecular complexity index is 465. The van der Waals surface area contributed by atoms with Crippen LogP contribution in [0.15, 0.2) is 36.7 Å². The lowest BCUT2D eigenvalue weighted by Gasteiger charge is -2.05. The van der Waals surface area contributed by atoms with Crippen molar-refractivity contribution in [1.82, 2.24) is 9.97 Å². The predicted octanol–water partition coefficient (Wildman–Crippen LogP) is 1.98. The number of nitrogens with two attached hydrogens (primary N) is 1. The van der Waals surface area contributed by atoms with Crippen molar-refractivity contribution in [2.45, 2.75) is 13.5 Å². The Morgan fingerprint density at radius 3 is 2.81 bits per heavy atom. The van der Waals surface area contributed by atoms with Crippen molar-refractivity contribution in [3.8, 4) is 0 Å². The summed E-state index contributed by atoms with van der Waals surface area (Å²) in [5.41, 5.74) is 8.50. The zero-order valence-corrected chi connectivity index (χ0v) is 9.14. The summed E-state index contributed by atoms with van der Waals surface area (Å²) in [5, 5.41) is 3.19. The Morgan fingerprint density at radius 2 is 2.12 bits per heavy atom. The van der Waals surface area contributed by atoms with Crippen LogP contribution in [-0.4, -0.2) is 9.97 Å². The van der Waals surface area contributed by atoms with Gasteiger partial charge in [0.15, 0.2) is 0 Å². The second-order valence-corrected chi connectivity index (χ2v) is 3.64. The van der Waals surface area contributed by atoms with Crippen LogP contribution in [0.2, 0.25) is 0 Å². The molecule has 0 aromatic carbocycles. The number of pyridine rings is 2. The molecule has 0 bridgehead atoms. The molecule has 2 aromatic rings. The second-order valence-electron chi connectivity index (χ2n) is 3.64. The molecule has 4 nitrogen and oxygen atoms in total. The minimum Gasteiger partial charge on any atom is -0.399 e. The highest BCUT2D eigenvalue weighted by Gasteiger charge is 1.96. The van der Waals surface area contributed by atoms with Gasteiger partial charge in [0.2, 0.25) is 0 Å². The first kappa shape index (κ1) is 10.4.